The zero-order chi connectivity index (χ0) is 9.03. The van der Waals surface area contributed by atoms with Gasteiger partial charge in [0, 0.05) is 5.92 Å². The van der Waals surface area contributed by atoms with Crippen molar-refractivity contribution >= 4 is 0 Å². The minimum absolute atomic E-state index is 0.122. The normalized spacial score (nSPS) is 29.4. The van der Waals surface area contributed by atoms with Crippen LogP contribution in [0.4, 0.5) is 0 Å². The van der Waals surface area contributed by atoms with Crippen LogP contribution in [-0.4, -0.2) is 12.2 Å². The van der Waals surface area contributed by atoms with E-state index < -0.39 is 0 Å². The van der Waals surface area contributed by atoms with E-state index >= 15 is 0 Å². The molecule has 0 aromatic heterocycles. The second kappa shape index (κ2) is 4.08. The van der Waals surface area contributed by atoms with Gasteiger partial charge in [-0.3, -0.25) is 0 Å². The summed E-state index contributed by atoms with van der Waals surface area (Å²) >= 11 is 0. The molecule has 0 aliphatic carbocycles. The molecule has 0 saturated carbocycles. The Kier molecular flexibility index (Phi) is 3.33. The van der Waals surface area contributed by atoms with Crippen LogP contribution in [0.25, 0.3) is 0 Å². The summed E-state index contributed by atoms with van der Waals surface area (Å²) < 4.78 is 5.72. The third-order valence-corrected chi connectivity index (χ3v) is 2.45. The molecular formula is C11H20O. The molecular weight excluding hydrogens is 148 g/mol. The van der Waals surface area contributed by atoms with Gasteiger partial charge in [0.15, 0.2) is 0 Å². The standard InChI is InChI=1S/C11H20O/c1-4-5-6-10-7-8-11(2,3)12-9-10/h5-6,10H,4,7-9H2,1-3H3. The maximum Gasteiger partial charge on any atom is 0.0627 e. The van der Waals surface area contributed by atoms with Crippen LogP contribution in [0.2, 0.25) is 0 Å². The van der Waals surface area contributed by atoms with Crippen LogP contribution in [0.15, 0.2) is 12.2 Å². The summed E-state index contributed by atoms with van der Waals surface area (Å²) in [4.78, 5) is 0. The van der Waals surface area contributed by atoms with Gasteiger partial charge >= 0.3 is 0 Å². The maximum absolute atomic E-state index is 5.72. The summed E-state index contributed by atoms with van der Waals surface area (Å²) in [6, 6.07) is 0. The van der Waals surface area contributed by atoms with E-state index in [4.69, 9.17) is 4.74 Å². The molecule has 0 aromatic carbocycles. The van der Waals surface area contributed by atoms with Gasteiger partial charge in [-0.2, -0.15) is 0 Å². The lowest BCUT2D eigenvalue weighted by atomic mass is 9.91. The summed E-state index contributed by atoms with van der Waals surface area (Å²) in [5.41, 5.74) is 0.122. The molecule has 0 spiro atoms. The van der Waals surface area contributed by atoms with Gasteiger partial charge in [0.05, 0.1) is 12.2 Å². The predicted octanol–water partition coefficient (Wildman–Crippen LogP) is 3.16. The highest BCUT2D eigenvalue weighted by Gasteiger charge is 2.25. The third kappa shape index (κ3) is 2.98. The van der Waals surface area contributed by atoms with E-state index in [9.17, 15) is 0 Å². The highest BCUT2D eigenvalue weighted by atomic mass is 16.5. The third-order valence-electron chi connectivity index (χ3n) is 2.45. The van der Waals surface area contributed by atoms with E-state index in [0.29, 0.717) is 5.92 Å². The molecule has 0 bridgehead atoms. The number of hydrogen-bond acceptors (Lipinski definition) is 1. The summed E-state index contributed by atoms with van der Waals surface area (Å²) in [6.07, 6.45) is 8.15. The molecule has 0 N–H and O–H groups in total. The quantitative estimate of drug-likeness (QED) is 0.575. The molecule has 1 nitrogen and oxygen atoms in total. The number of rotatable bonds is 2. The average Bonchev–Trinajstić information content (AvgIpc) is 2.03. The Hall–Kier alpha value is -0.300. The Balaban J connectivity index is 2.31. The van der Waals surface area contributed by atoms with Gasteiger partial charge in [-0.25, -0.2) is 0 Å². The van der Waals surface area contributed by atoms with E-state index in [1.165, 1.54) is 12.8 Å². The minimum atomic E-state index is 0.122. The largest absolute Gasteiger partial charge is 0.375 e. The van der Waals surface area contributed by atoms with Crippen LogP contribution in [0.1, 0.15) is 40.0 Å². The molecule has 1 unspecified atom stereocenters. The first kappa shape index (κ1) is 9.79. The van der Waals surface area contributed by atoms with E-state index in [0.717, 1.165) is 13.0 Å². The van der Waals surface area contributed by atoms with Crippen molar-refractivity contribution in [3.05, 3.63) is 12.2 Å². The fourth-order valence-electron chi connectivity index (χ4n) is 1.50. The van der Waals surface area contributed by atoms with Crippen molar-refractivity contribution in [1.29, 1.82) is 0 Å². The van der Waals surface area contributed by atoms with Crippen molar-refractivity contribution in [2.75, 3.05) is 6.61 Å². The Labute approximate surface area is 75.8 Å². The molecule has 0 radical (unpaired) electrons. The van der Waals surface area contributed by atoms with Crippen LogP contribution < -0.4 is 0 Å². The molecule has 1 heteroatoms. The van der Waals surface area contributed by atoms with Gasteiger partial charge in [-0.05, 0) is 33.1 Å². The van der Waals surface area contributed by atoms with Crippen LogP contribution in [0.3, 0.4) is 0 Å². The first-order chi connectivity index (χ1) is 5.64. The van der Waals surface area contributed by atoms with Crippen LogP contribution in [0.5, 0.6) is 0 Å². The fourth-order valence-corrected chi connectivity index (χ4v) is 1.50. The highest BCUT2D eigenvalue weighted by molar-refractivity contribution is 4.91. The molecule has 1 aliphatic heterocycles. The van der Waals surface area contributed by atoms with Gasteiger partial charge in [-0.1, -0.05) is 19.1 Å². The topological polar surface area (TPSA) is 9.23 Å². The molecule has 12 heavy (non-hydrogen) atoms. The maximum atomic E-state index is 5.72. The zero-order valence-electron chi connectivity index (χ0n) is 8.47. The molecule has 0 aromatic rings. The van der Waals surface area contributed by atoms with E-state index in [1.54, 1.807) is 0 Å². The van der Waals surface area contributed by atoms with E-state index in [-0.39, 0.29) is 5.60 Å². The lowest BCUT2D eigenvalue weighted by Gasteiger charge is -2.33. The van der Waals surface area contributed by atoms with Crippen molar-refractivity contribution < 1.29 is 4.74 Å². The second-order valence-electron chi connectivity index (χ2n) is 4.21. The van der Waals surface area contributed by atoms with Crippen molar-refractivity contribution in [3.63, 3.8) is 0 Å². The molecule has 1 aliphatic rings. The van der Waals surface area contributed by atoms with Crippen LogP contribution >= 0.6 is 0 Å². The number of hydrogen-bond donors (Lipinski definition) is 0. The first-order valence-electron chi connectivity index (χ1n) is 4.94. The monoisotopic (exact) mass is 168 g/mol. The van der Waals surface area contributed by atoms with Crippen molar-refractivity contribution in [3.8, 4) is 0 Å². The predicted molar refractivity (Wildman–Crippen MR) is 52.2 cm³/mol. The summed E-state index contributed by atoms with van der Waals surface area (Å²) in [5, 5.41) is 0. The Morgan fingerprint density at radius 1 is 1.50 bits per heavy atom. The van der Waals surface area contributed by atoms with Crippen LogP contribution in [-0.2, 0) is 4.74 Å². The smallest absolute Gasteiger partial charge is 0.0627 e. The number of allylic oxidation sites excluding steroid dienone is 1. The van der Waals surface area contributed by atoms with Gasteiger partial charge in [0.1, 0.15) is 0 Å². The summed E-state index contributed by atoms with van der Waals surface area (Å²) in [6.45, 7) is 7.42. The van der Waals surface area contributed by atoms with Crippen LogP contribution in [0, 0.1) is 5.92 Å². The average molecular weight is 168 g/mol. The van der Waals surface area contributed by atoms with Crippen molar-refractivity contribution in [2.24, 2.45) is 5.92 Å². The molecule has 0 amide bonds. The Morgan fingerprint density at radius 3 is 2.75 bits per heavy atom. The number of ether oxygens (including phenoxy) is 1. The van der Waals surface area contributed by atoms with Crippen molar-refractivity contribution in [2.45, 2.75) is 45.6 Å². The molecule has 1 rings (SSSR count). The molecule has 1 saturated heterocycles. The summed E-state index contributed by atoms with van der Waals surface area (Å²) in [5.74, 6) is 0.665. The molecule has 70 valence electrons. The molecule has 1 atom stereocenters. The summed E-state index contributed by atoms with van der Waals surface area (Å²) in [7, 11) is 0. The zero-order valence-corrected chi connectivity index (χ0v) is 8.47. The lowest BCUT2D eigenvalue weighted by molar-refractivity contribution is -0.0672. The van der Waals surface area contributed by atoms with E-state index in [1.807, 2.05) is 0 Å². The SMILES string of the molecule is CCC=CC1CCC(C)(C)OC1. The highest BCUT2D eigenvalue weighted by Crippen LogP contribution is 2.27. The Bertz CT molecular complexity index is 148. The second-order valence-corrected chi connectivity index (χ2v) is 4.21. The van der Waals surface area contributed by atoms with Gasteiger partial charge in [0.2, 0.25) is 0 Å². The van der Waals surface area contributed by atoms with Gasteiger partial charge in [0.25, 0.3) is 0 Å². The fraction of sp³-hybridized carbons (Fsp3) is 0.818. The van der Waals surface area contributed by atoms with Gasteiger partial charge < -0.3 is 4.74 Å². The first-order valence-corrected chi connectivity index (χ1v) is 4.94. The van der Waals surface area contributed by atoms with E-state index in [2.05, 4.69) is 32.9 Å². The minimum Gasteiger partial charge on any atom is -0.375 e. The lowest BCUT2D eigenvalue weighted by Crippen LogP contribution is -2.32. The molecule has 1 heterocycles. The van der Waals surface area contributed by atoms with Crippen molar-refractivity contribution in [1.82, 2.24) is 0 Å². The van der Waals surface area contributed by atoms with Gasteiger partial charge in [-0.15, -0.1) is 0 Å². The molecule has 1 fully saturated rings. The Morgan fingerprint density at radius 2 is 2.25 bits per heavy atom.